The second-order valence-corrected chi connectivity index (χ2v) is 11.2. The van der Waals surface area contributed by atoms with E-state index in [0.29, 0.717) is 25.9 Å². The molecule has 2 heterocycles. The number of carboxylic acid groups (broad SMARTS) is 1. The zero-order valence-corrected chi connectivity index (χ0v) is 24.0. The van der Waals surface area contributed by atoms with Crippen LogP contribution in [0.25, 0.3) is 0 Å². The zero-order chi connectivity index (χ0) is 30.1. The van der Waals surface area contributed by atoms with Gasteiger partial charge in [-0.05, 0) is 87.7 Å². The van der Waals surface area contributed by atoms with Gasteiger partial charge in [0.25, 0.3) is 0 Å². The minimum Gasteiger partial charge on any atom is -0.480 e. The summed E-state index contributed by atoms with van der Waals surface area (Å²) >= 11 is 0. The first kappa shape index (κ1) is 31.3. The van der Waals surface area contributed by atoms with Crippen LogP contribution in [0.3, 0.4) is 0 Å². The number of hydrogen-bond acceptors (Lipinski definition) is 7. The lowest BCUT2D eigenvalue weighted by molar-refractivity contribution is -0.142. The van der Waals surface area contributed by atoms with Crippen LogP contribution in [-0.4, -0.2) is 79.0 Å². The molecule has 1 saturated carbocycles. The van der Waals surface area contributed by atoms with Gasteiger partial charge in [0.2, 0.25) is 5.91 Å². The molecule has 3 N–H and O–H groups in total. The molecule has 2 atom stereocenters. The molecule has 1 amide bonds. The van der Waals surface area contributed by atoms with Crippen LogP contribution in [0.1, 0.15) is 60.9 Å². The molecule has 0 saturated heterocycles. The highest BCUT2D eigenvalue weighted by Gasteiger charge is 2.53. The molecule has 2 aromatic rings. The molecule has 1 aromatic carbocycles. The predicted octanol–water partition coefficient (Wildman–Crippen LogP) is 3.75. The monoisotopic (exact) mass is 583 g/mol. The maximum atomic E-state index is 14.6. The van der Waals surface area contributed by atoms with Crippen molar-refractivity contribution < 1.29 is 28.2 Å². The van der Waals surface area contributed by atoms with Crippen LogP contribution in [-0.2, 0) is 32.6 Å². The minimum absolute atomic E-state index is 0.0820. The van der Waals surface area contributed by atoms with Crippen LogP contribution in [0.5, 0.6) is 0 Å². The van der Waals surface area contributed by atoms with E-state index in [9.17, 15) is 28.7 Å². The normalized spacial score (nSPS) is 16.5. The van der Waals surface area contributed by atoms with Crippen molar-refractivity contribution in [3.63, 3.8) is 0 Å². The number of nitrogens with zero attached hydrogens (tertiary/aromatic N) is 3. The molecule has 1 fully saturated rings. The van der Waals surface area contributed by atoms with E-state index in [1.807, 2.05) is 11.0 Å². The number of methoxy groups -OCH3 is 1. The fourth-order valence-electron chi connectivity index (χ4n) is 5.49. The number of aromatic nitrogens is 1. The average Bonchev–Trinajstić information content (AvgIpc) is 3.81. The number of nitrogens with one attached hydrogen (secondary N) is 2. The summed E-state index contributed by atoms with van der Waals surface area (Å²) in [6, 6.07) is 8.78. The largest absolute Gasteiger partial charge is 0.480 e. The second-order valence-electron chi connectivity index (χ2n) is 11.2. The Morgan fingerprint density at radius 1 is 1.26 bits per heavy atom. The number of carboxylic acids is 1. The average molecular weight is 584 g/mol. The summed E-state index contributed by atoms with van der Waals surface area (Å²) in [5.41, 5.74) is 1.41. The Hall–Kier alpha value is -3.62. The quantitative estimate of drug-likeness (QED) is 0.255. The van der Waals surface area contributed by atoms with Gasteiger partial charge in [0.05, 0.1) is 23.2 Å². The van der Waals surface area contributed by atoms with Crippen molar-refractivity contribution in [2.75, 3.05) is 45.3 Å². The first-order chi connectivity index (χ1) is 20.3. The highest BCUT2D eigenvalue weighted by Crippen LogP contribution is 2.49. The molecule has 0 spiro atoms. The smallest absolute Gasteiger partial charge is 0.326 e. The van der Waals surface area contributed by atoms with Crippen molar-refractivity contribution in [3.8, 4) is 6.07 Å². The van der Waals surface area contributed by atoms with Crippen LogP contribution >= 0.6 is 0 Å². The van der Waals surface area contributed by atoms with Crippen LogP contribution in [0.2, 0.25) is 0 Å². The van der Waals surface area contributed by atoms with Gasteiger partial charge in [-0.1, -0.05) is 6.07 Å². The van der Waals surface area contributed by atoms with Gasteiger partial charge in [0.15, 0.2) is 0 Å². The molecule has 42 heavy (non-hydrogen) atoms. The first-order valence-corrected chi connectivity index (χ1v) is 14.6. The summed E-state index contributed by atoms with van der Waals surface area (Å²) in [4.78, 5) is 32.0. The number of ether oxygens (including phenoxy) is 1. The van der Waals surface area contributed by atoms with Crippen molar-refractivity contribution in [2.24, 2.45) is 0 Å². The van der Waals surface area contributed by atoms with E-state index in [0.717, 1.165) is 56.2 Å². The maximum absolute atomic E-state index is 14.6. The van der Waals surface area contributed by atoms with Gasteiger partial charge < -0.3 is 25.4 Å². The van der Waals surface area contributed by atoms with Crippen molar-refractivity contribution >= 4 is 17.7 Å². The van der Waals surface area contributed by atoms with Crippen LogP contribution in [0.15, 0.2) is 30.3 Å². The van der Waals surface area contributed by atoms with Gasteiger partial charge in [0, 0.05) is 38.0 Å². The molecule has 2 aliphatic rings. The number of rotatable bonds is 16. The number of amides is 1. The maximum Gasteiger partial charge on any atom is 0.326 e. The number of alkyl halides is 1. The van der Waals surface area contributed by atoms with Crippen LogP contribution < -0.4 is 10.6 Å². The van der Waals surface area contributed by atoms with Gasteiger partial charge in [-0.25, -0.2) is 18.6 Å². The number of fused-ring (bicyclic) bond motifs is 1. The van der Waals surface area contributed by atoms with E-state index < -0.39 is 41.9 Å². The van der Waals surface area contributed by atoms with E-state index in [-0.39, 0.29) is 24.1 Å². The molecule has 1 aliphatic carbocycles. The summed E-state index contributed by atoms with van der Waals surface area (Å²) in [6.45, 7) is 1.43. The van der Waals surface area contributed by atoms with Gasteiger partial charge in [0.1, 0.15) is 24.4 Å². The number of carbonyl (C=O) groups excluding carboxylic acids is 1. The fourth-order valence-corrected chi connectivity index (χ4v) is 5.49. The highest BCUT2D eigenvalue weighted by molar-refractivity contribution is 5.94. The molecule has 0 unspecified atom stereocenters. The van der Waals surface area contributed by atoms with E-state index in [2.05, 4.69) is 22.8 Å². The number of aryl methyl sites for hydroxylation is 2. The Balaban J connectivity index is 1.34. The lowest BCUT2D eigenvalue weighted by Gasteiger charge is -2.27. The Bertz CT molecular complexity index is 1290. The number of halogens is 2. The van der Waals surface area contributed by atoms with Gasteiger partial charge >= 0.3 is 5.97 Å². The molecule has 4 rings (SSSR count). The highest BCUT2D eigenvalue weighted by atomic mass is 19.1. The number of anilines is 1. The Morgan fingerprint density at radius 3 is 2.76 bits per heavy atom. The summed E-state index contributed by atoms with van der Waals surface area (Å²) < 4.78 is 33.3. The first-order valence-electron chi connectivity index (χ1n) is 14.6. The molecular formula is C31H39F2N5O4. The van der Waals surface area contributed by atoms with E-state index in [1.54, 1.807) is 0 Å². The molecule has 0 radical (unpaired) electrons. The van der Waals surface area contributed by atoms with Crippen molar-refractivity contribution in [1.29, 1.82) is 5.26 Å². The summed E-state index contributed by atoms with van der Waals surface area (Å²) in [7, 11) is 1.44. The molecule has 1 aromatic heterocycles. The lowest BCUT2D eigenvalue weighted by atomic mass is 9.92. The van der Waals surface area contributed by atoms with E-state index in [4.69, 9.17) is 9.72 Å². The third-order valence-corrected chi connectivity index (χ3v) is 8.21. The van der Waals surface area contributed by atoms with Gasteiger partial charge in [-0.15, -0.1) is 0 Å². The fraction of sp³-hybridized carbons (Fsp3) is 0.548. The van der Waals surface area contributed by atoms with Crippen molar-refractivity contribution in [2.45, 2.75) is 68.9 Å². The number of unbranched alkanes of at least 4 members (excludes halogenated alkanes) is 1. The third-order valence-electron chi connectivity index (χ3n) is 8.21. The number of benzene rings is 1. The Kier molecular flexibility index (Phi) is 10.8. The molecule has 9 nitrogen and oxygen atoms in total. The predicted molar refractivity (Wildman–Crippen MR) is 153 cm³/mol. The standard InChI is InChI=1S/C31H39F2N5O4/c1-42-24(18-32)20-38(15-3-2-6-23-9-8-22-5-4-14-35-28(22)36-23)16-11-27(29(39)40)37-30(41)31(12-13-31)25-17-21(19-34)7-10-26(25)33/h7-10,17,24,27H,2-6,11-16,18,20H2,1H3,(H,35,36)(H,37,41)(H,39,40)/t24-,27+/m1/s1. The number of aliphatic carboxylic acids is 1. The number of nitriles is 1. The SMILES string of the molecule is CO[C@H](CF)CN(CCCCc1ccc2c(n1)NCCC2)CC[C@H](NC(=O)C1(c2cc(C#N)ccc2F)CC1)C(=O)O. The molecule has 226 valence electrons. The topological polar surface area (TPSA) is 128 Å². The molecule has 0 bridgehead atoms. The number of carbonyl (C=O) groups is 2. The Morgan fingerprint density at radius 2 is 2.07 bits per heavy atom. The minimum atomic E-state index is -1.21. The van der Waals surface area contributed by atoms with Crippen molar-refractivity contribution in [3.05, 3.63) is 58.5 Å². The van der Waals surface area contributed by atoms with Gasteiger partial charge in [-0.2, -0.15) is 5.26 Å². The van der Waals surface area contributed by atoms with Gasteiger partial charge in [-0.3, -0.25) is 4.79 Å². The molecule has 1 aliphatic heterocycles. The van der Waals surface area contributed by atoms with Crippen LogP contribution in [0, 0.1) is 17.1 Å². The summed E-state index contributed by atoms with van der Waals surface area (Å²) in [5.74, 6) is -1.41. The second kappa shape index (κ2) is 14.5. The number of hydrogen-bond donors (Lipinski definition) is 3. The third kappa shape index (κ3) is 7.81. The molecular weight excluding hydrogens is 544 g/mol. The van der Waals surface area contributed by atoms with E-state index >= 15 is 0 Å². The summed E-state index contributed by atoms with van der Waals surface area (Å²) in [6.07, 6.45) is 4.73. The lowest BCUT2D eigenvalue weighted by Crippen LogP contribution is -2.48. The van der Waals surface area contributed by atoms with Crippen molar-refractivity contribution in [1.82, 2.24) is 15.2 Å². The van der Waals surface area contributed by atoms with E-state index in [1.165, 1.54) is 24.8 Å². The number of pyridine rings is 1. The van der Waals surface area contributed by atoms with Crippen LogP contribution in [0.4, 0.5) is 14.6 Å². The Labute approximate surface area is 245 Å². The summed E-state index contributed by atoms with van der Waals surface area (Å²) in [5, 5.41) is 25.0. The molecule has 11 heteroatoms. The zero-order valence-electron chi connectivity index (χ0n) is 24.0.